The van der Waals surface area contributed by atoms with E-state index in [1.54, 1.807) is 0 Å². The van der Waals surface area contributed by atoms with Gasteiger partial charge in [-0.25, -0.2) is 0 Å². The number of carboxylic acids is 1. The lowest BCUT2D eigenvalue weighted by Gasteiger charge is -2.18. The molecule has 0 heterocycles. The topological polar surface area (TPSA) is 63.6 Å². The predicted molar refractivity (Wildman–Crippen MR) is 181 cm³/mol. The van der Waals surface area contributed by atoms with Crippen molar-refractivity contribution in [3.63, 3.8) is 0 Å². The van der Waals surface area contributed by atoms with Crippen LogP contribution >= 0.6 is 0 Å². The van der Waals surface area contributed by atoms with Crippen molar-refractivity contribution in [1.29, 1.82) is 0 Å². The van der Waals surface area contributed by atoms with E-state index in [2.05, 4.69) is 50.3 Å². The first-order chi connectivity index (χ1) is 20.6. The van der Waals surface area contributed by atoms with E-state index in [4.69, 9.17) is 9.84 Å². The van der Waals surface area contributed by atoms with E-state index in [0.29, 0.717) is 6.42 Å². The van der Waals surface area contributed by atoms with Gasteiger partial charge >= 0.3 is 11.9 Å². The molecule has 0 aromatic rings. The maximum absolute atomic E-state index is 12.6. The summed E-state index contributed by atoms with van der Waals surface area (Å²) in [5, 5.41) is 8.79. The number of esters is 1. The molecule has 0 saturated carbocycles. The molecule has 0 fully saturated rings. The standard InChI is InChI=1S/C38H68O4/c1-3-5-7-9-11-13-14-15-16-17-18-20-22-27-31-35-38(41)42-36(33-29-25-23-26-30-34-37(39)40)32-28-24-21-19-12-10-8-6-4-2/h5,7,11,13,15-16,36H,3-4,6,8-10,12,14,17-35H2,1-2H3,(H,39,40)/b7-5-,13-11-,16-15-. The van der Waals surface area contributed by atoms with Gasteiger partial charge in [0.15, 0.2) is 0 Å². The van der Waals surface area contributed by atoms with Crippen molar-refractivity contribution in [2.24, 2.45) is 0 Å². The van der Waals surface area contributed by atoms with E-state index in [0.717, 1.165) is 89.9 Å². The summed E-state index contributed by atoms with van der Waals surface area (Å²) < 4.78 is 5.97. The molecular formula is C38H68O4. The first kappa shape index (κ1) is 40.2. The van der Waals surface area contributed by atoms with Crippen molar-refractivity contribution in [1.82, 2.24) is 0 Å². The number of hydrogen-bond donors (Lipinski definition) is 1. The molecule has 0 aromatic heterocycles. The maximum Gasteiger partial charge on any atom is 0.306 e. The second kappa shape index (κ2) is 33.7. The van der Waals surface area contributed by atoms with Gasteiger partial charge in [0.25, 0.3) is 0 Å². The van der Waals surface area contributed by atoms with E-state index in [1.165, 1.54) is 70.6 Å². The quantitative estimate of drug-likeness (QED) is 0.0482. The number of carbonyl (C=O) groups is 2. The van der Waals surface area contributed by atoms with Gasteiger partial charge in [-0.3, -0.25) is 9.59 Å². The summed E-state index contributed by atoms with van der Waals surface area (Å²) >= 11 is 0. The summed E-state index contributed by atoms with van der Waals surface area (Å²) in [6.45, 7) is 4.42. The van der Waals surface area contributed by atoms with Gasteiger partial charge in [0.1, 0.15) is 6.10 Å². The van der Waals surface area contributed by atoms with Crippen LogP contribution in [0.25, 0.3) is 0 Å². The summed E-state index contributed by atoms with van der Waals surface area (Å²) in [6.07, 6.45) is 42.9. The number of carboxylic acid groups (broad SMARTS) is 1. The molecule has 244 valence electrons. The molecule has 1 unspecified atom stereocenters. The number of hydrogen-bond acceptors (Lipinski definition) is 3. The maximum atomic E-state index is 12.6. The Labute approximate surface area is 260 Å². The Balaban J connectivity index is 4.05. The molecule has 0 radical (unpaired) electrons. The molecule has 4 nitrogen and oxygen atoms in total. The molecule has 0 aromatic carbocycles. The molecule has 1 N–H and O–H groups in total. The lowest BCUT2D eigenvalue weighted by molar-refractivity contribution is -0.150. The van der Waals surface area contributed by atoms with Crippen molar-refractivity contribution in [3.8, 4) is 0 Å². The SMILES string of the molecule is CC/C=C\C/C=C\C/C=C\CCCCCCCC(=O)OC(CCCCCCCCCCC)CCCCCCCC(=O)O. The zero-order valence-electron chi connectivity index (χ0n) is 27.8. The minimum absolute atomic E-state index is 0.0152. The van der Waals surface area contributed by atoms with E-state index in [-0.39, 0.29) is 18.5 Å². The van der Waals surface area contributed by atoms with E-state index >= 15 is 0 Å². The highest BCUT2D eigenvalue weighted by atomic mass is 16.5. The van der Waals surface area contributed by atoms with Crippen LogP contribution in [0.1, 0.15) is 187 Å². The van der Waals surface area contributed by atoms with Crippen LogP contribution in [0.3, 0.4) is 0 Å². The number of carbonyl (C=O) groups excluding carboxylic acids is 1. The number of ether oxygens (including phenoxy) is 1. The number of unbranched alkanes of at least 4 members (excludes halogenated alkanes) is 17. The van der Waals surface area contributed by atoms with Gasteiger partial charge in [-0.05, 0) is 70.6 Å². The lowest BCUT2D eigenvalue weighted by atomic mass is 10.0. The van der Waals surface area contributed by atoms with Crippen LogP contribution in [0.2, 0.25) is 0 Å². The number of aliphatic carboxylic acids is 1. The molecule has 0 bridgehead atoms. The fourth-order valence-corrected chi connectivity index (χ4v) is 5.26. The van der Waals surface area contributed by atoms with E-state index in [1.807, 2.05) is 0 Å². The summed E-state index contributed by atoms with van der Waals surface area (Å²) in [5.74, 6) is -0.719. The van der Waals surface area contributed by atoms with Crippen LogP contribution in [-0.2, 0) is 14.3 Å². The molecule has 1 atom stereocenters. The van der Waals surface area contributed by atoms with Crippen LogP contribution < -0.4 is 0 Å². The Morgan fingerprint density at radius 3 is 1.55 bits per heavy atom. The van der Waals surface area contributed by atoms with Crippen LogP contribution in [0, 0.1) is 0 Å². The first-order valence-electron chi connectivity index (χ1n) is 18.0. The molecule has 0 amide bonds. The Morgan fingerprint density at radius 2 is 1.00 bits per heavy atom. The molecule has 0 spiro atoms. The lowest BCUT2D eigenvalue weighted by Crippen LogP contribution is -2.18. The highest BCUT2D eigenvalue weighted by Gasteiger charge is 2.14. The van der Waals surface area contributed by atoms with Crippen LogP contribution in [0.5, 0.6) is 0 Å². The third-order valence-electron chi connectivity index (χ3n) is 7.88. The van der Waals surface area contributed by atoms with E-state index < -0.39 is 5.97 Å². The zero-order valence-corrected chi connectivity index (χ0v) is 27.8. The fraction of sp³-hybridized carbons (Fsp3) is 0.789. The normalized spacial score (nSPS) is 12.6. The van der Waals surface area contributed by atoms with Crippen molar-refractivity contribution < 1.29 is 19.4 Å². The van der Waals surface area contributed by atoms with Crippen molar-refractivity contribution in [2.75, 3.05) is 0 Å². The molecule has 42 heavy (non-hydrogen) atoms. The fourth-order valence-electron chi connectivity index (χ4n) is 5.26. The molecule has 4 heteroatoms. The molecular weight excluding hydrogens is 520 g/mol. The largest absolute Gasteiger partial charge is 0.481 e. The second-order valence-electron chi connectivity index (χ2n) is 12.0. The highest BCUT2D eigenvalue weighted by Crippen LogP contribution is 2.19. The monoisotopic (exact) mass is 589 g/mol. The molecule has 0 aliphatic heterocycles. The van der Waals surface area contributed by atoms with Crippen LogP contribution in [-0.4, -0.2) is 23.1 Å². The zero-order chi connectivity index (χ0) is 30.8. The average Bonchev–Trinajstić information content (AvgIpc) is 2.97. The van der Waals surface area contributed by atoms with Crippen LogP contribution in [0.15, 0.2) is 36.5 Å². The molecule has 0 saturated heterocycles. The number of rotatable bonds is 32. The second-order valence-corrected chi connectivity index (χ2v) is 12.0. The van der Waals surface area contributed by atoms with Crippen molar-refractivity contribution in [3.05, 3.63) is 36.5 Å². The Hall–Kier alpha value is -1.84. The van der Waals surface area contributed by atoms with Gasteiger partial charge in [-0.2, -0.15) is 0 Å². The van der Waals surface area contributed by atoms with Gasteiger partial charge in [0.2, 0.25) is 0 Å². The smallest absolute Gasteiger partial charge is 0.306 e. The molecule has 0 aliphatic rings. The minimum Gasteiger partial charge on any atom is -0.481 e. The summed E-state index contributed by atoms with van der Waals surface area (Å²) in [6, 6.07) is 0. The Morgan fingerprint density at radius 1 is 0.548 bits per heavy atom. The summed E-state index contributed by atoms with van der Waals surface area (Å²) in [5.41, 5.74) is 0. The van der Waals surface area contributed by atoms with Crippen molar-refractivity contribution in [2.45, 2.75) is 193 Å². The Kier molecular flexibility index (Phi) is 32.2. The minimum atomic E-state index is -0.703. The van der Waals surface area contributed by atoms with Gasteiger partial charge in [0.05, 0.1) is 0 Å². The first-order valence-corrected chi connectivity index (χ1v) is 18.0. The molecule has 0 aliphatic carbocycles. The third-order valence-corrected chi connectivity index (χ3v) is 7.88. The molecule has 0 rings (SSSR count). The Bertz CT molecular complexity index is 679. The van der Waals surface area contributed by atoms with Gasteiger partial charge in [-0.1, -0.05) is 140 Å². The van der Waals surface area contributed by atoms with E-state index in [9.17, 15) is 9.59 Å². The van der Waals surface area contributed by atoms with Gasteiger partial charge < -0.3 is 9.84 Å². The van der Waals surface area contributed by atoms with Gasteiger partial charge in [-0.15, -0.1) is 0 Å². The third kappa shape index (κ3) is 32.7. The average molecular weight is 589 g/mol. The highest BCUT2D eigenvalue weighted by molar-refractivity contribution is 5.69. The summed E-state index contributed by atoms with van der Waals surface area (Å²) in [7, 11) is 0. The van der Waals surface area contributed by atoms with Gasteiger partial charge in [0, 0.05) is 12.8 Å². The predicted octanol–water partition coefficient (Wildman–Crippen LogP) is 12.2. The van der Waals surface area contributed by atoms with Crippen molar-refractivity contribution >= 4 is 11.9 Å². The summed E-state index contributed by atoms with van der Waals surface area (Å²) in [4.78, 5) is 23.3. The van der Waals surface area contributed by atoms with Crippen LogP contribution in [0.4, 0.5) is 0 Å². The number of allylic oxidation sites excluding steroid dienone is 6.